The van der Waals surface area contributed by atoms with E-state index < -0.39 is 5.97 Å². The van der Waals surface area contributed by atoms with Crippen LogP contribution in [0.4, 0.5) is 5.82 Å². The highest BCUT2D eigenvalue weighted by Crippen LogP contribution is 2.26. The number of nitriles is 1. The number of ether oxygens (including phenoxy) is 1. The van der Waals surface area contributed by atoms with E-state index in [0.717, 1.165) is 0 Å². The molecule has 2 N–H and O–H groups in total. The first kappa shape index (κ1) is 13.1. The fourth-order valence-corrected chi connectivity index (χ4v) is 2.15. The lowest BCUT2D eigenvalue weighted by Crippen LogP contribution is -2.07. The van der Waals surface area contributed by atoms with E-state index in [0.29, 0.717) is 15.7 Å². The predicted octanol–water partition coefficient (Wildman–Crippen LogP) is 1.88. The number of rotatable bonds is 2. The third-order valence-electron chi connectivity index (χ3n) is 2.52. The molecule has 0 spiro atoms. The van der Waals surface area contributed by atoms with Gasteiger partial charge >= 0.3 is 5.97 Å². The van der Waals surface area contributed by atoms with Gasteiger partial charge in [0.15, 0.2) is 5.69 Å². The minimum Gasteiger partial charge on any atom is -0.464 e. The van der Waals surface area contributed by atoms with Crippen LogP contribution in [0.5, 0.6) is 0 Å². The quantitative estimate of drug-likeness (QED) is 0.852. The van der Waals surface area contributed by atoms with E-state index in [1.165, 1.54) is 18.0 Å². The Morgan fingerprint density at radius 1 is 1.58 bits per heavy atom. The molecule has 96 valence electrons. The van der Waals surface area contributed by atoms with Crippen LogP contribution in [0.2, 0.25) is 0 Å². The maximum absolute atomic E-state index is 11.4. The Bertz CT molecular complexity index is 688. The second kappa shape index (κ2) is 5.12. The Morgan fingerprint density at radius 2 is 2.32 bits per heavy atom. The number of halogens is 1. The van der Waals surface area contributed by atoms with Gasteiger partial charge in [-0.25, -0.2) is 9.78 Å². The van der Waals surface area contributed by atoms with Crippen molar-refractivity contribution in [1.29, 1.82) is 5.26 Å². The molecule has 0 fully saturated rings. The third kappa shape index (κ3) is 2.30. The number of carbonyl (C=O) groups excluding carboxylic acids is 1. The molecule has 0 bridgehead atoms. The second-order valence-corrected chi connectivity index (χ2v) is 4.47. The summed E-state index contributed by atoms with van der Waals surface area (Å²) in [5, 5.41) is 8.81. The molecule has 0 radical (unpaired) electrons. The molecule has 0 saturated carbocycles. The molecule has 1 aromatic carbocycles. The highest BCUT2D eigenvalue weighted by molar-refractivity contribution is 9.10. The number of aromatic nitrogens is 2. The lowest BCUT2D eigenvalue weighted by atomic mass is 10.2. The third-order valence-corrected chi connectivity index (χ3v) is 3.15. The minimum absolute atomic E-state index is 0.0544. The van der Waals surface area contributed by atoms with Gasteiger partial charge in [0, 0.05) is 4.47 Å². The first-order valence-electron chi connectivity index (χ1n) is 5.19. The summed E-state index contributed by atoms with van der Waals surface area (Å²) >= 11 is 3.35. The van der Waals surface area contributed by atoms with E-state index in [4.69, 9.17) is 11.0 Å². The van der Waals surface area contributed by atoms with Crippen molar-refractivity contribution in [3.8, 4) is 11.8 Å². The summed E-state index contributed by atoms with van der Waals surface area (Å²) in [4.78, 5) is 15.4. The van der Waals surface area contributed by atoms with E-state index in [1.54, 1.807) is 18.2 Å². The molecule has 1 aromatic heterocycles. The minimum atomic E-state index is -0.596. The summed E-state index contributed by atoms with van der Waals surface area (Å²) in [6.45, 7) is 0. The van der Waals surface area contributed by atoms with Crippen LogP contribution < -0.4 is 5.73 Å². The number of imidazole rings is 1. The Balaban J connectivity index is 2.52. The van der Waals surface area contributed by atoms with Crippen LogP contribution in [-0.4, -0.2) is 22.6 Å². The Labute approximate surface area is 117 Å². The standard InChI is InChI=1S/C12H9BrN4O2/c1-19-12(18)10-11(15)17(6-16-10)9-3-2-7(5-14)4-8(9)13/h2-4,6H,15H2,1H3. The number of methoxy groups -OCH3 is 1. The molecule has 7 heteroatoms. The number of anilines is 1. The van der Waals surface area contributed by atoms with E-state index in [9.17, 15) is 4.79 Å². The largest absolute Gasteiger partial charge is 0.464 e. The van der Waals surface area contributed by atoms with Crippen molar-refractivity contribution in [2.45, 2.75) is 0 Å². The summed E-state index contributed by atoms with van der Waals surface area (Å²) in [7, 11) is 1.26. The second-order valence-electron chi connectivity index (χ2n) is 3.62. The van der Waals surface area contributed by atoms with Crippen LogP contribution in [0.1, 0.15) is 16.1 Å². The van der Waals surface area contributed by atoms with Crippen LogP contribution in [0.3, 0.4) is 0 Å². The van der Waals surface area contributed by atoms with Gasteiger partial charge in [0.25, 0.3) is 0 Å². The van der Waals surface area contributed by atoms with Crippen molar-refractivity contribution >= 4 is 27.7 Å². The fourth-order valence-electron chi connectivity index (χ4n) is 1.58. The number of carbonyl (C=O) groups is 1. The van der Waals surface area contributed by atoms with E-state index in [-0.39, 0.29) is 11.5 Å². The lowest BCUT2D eigenvalue weighted by Gasteiger charge is -2.08. The van der Waals surface area contributed by atoms with Gasteiger partial charge in [-0.1, -0.05) is 0 Å². The lowest BCUT2D eigenvalue weighted by molar-refractivity contribution is 0.0596. The van der Waals surface area contributed by atoms with E-state index >= 15 is 0 Å². The fraction of sp³-hybridized carbons (Fsp3) is 0.0833. The average Bonchev–Trinajstić information content (AvgIpc) is 2.79. The number of nitrogens with zero attached hydrogens (tertiary/aromatic N) is 3. The summed E-state index contributed by atoms with van der Waals surface area (Å²) < 4.78 is 6.80. The molecule has 2 aromatic rings. The van der Waals surface area contributed by atoms with Gasteiger partial charge in [0.1, 0.15) is 12.1 Å². The molecule has 2 rings (SSSR count). The van der Waals surface area contributed by atoms with Crippen molar-refractivity contribution in [3.05, 3.63) is 40.3 Å². The van der Waals surface area contributed by atoms with Gasteiger partial charge < -0.3 is 10.5 Å². The maximum atomic E-state index is 11.4. The summed E-state index contributed by atoms with van der Waals surface area (Å²) in [6, 6.07) is 7.05. The number of hydrogen-bond donors (Lipinski definition) is 1. The molecule has 0 amide bonds. The van der Waals surface area contributed by atoms with Gasteiger partial charge in [-0.3, -0.25) is 4.57 Å². The molecular formula is C12H9BrN4O2. The number of esters is 1. The van der Waals surface area contributed by atoms with Gasteiger partial charge in [0.2, 0.25) is 0 Å². The van der Waals surface area contributed by atoms with Crippen molar-refractivity contribution in [3.63, 3.8) is 0 Å². The zero-order valence-corrected chi connectivity index (χ0v) is 11.5. The maximum Gasteiger partial charge on any atom is 0.360 e. The van der Waals surface area contributed by atoms with Crippen molar-refractivity contribution in [2.24, 2.45) is 0 Å². The SMILES string of the molecule is COC(=O)c1ncn(-c2ccc(C#N)cc2Br)c1N. The number of hydrogen-bond acceptors (Lipinski definition) is 5. The molecular weight excluding hydrogens is 312 g/mol. The zero-order valence-electron chi connectivity index (χ0n) is 9.92. The van der Waals surface area contributed by atoms with Crippen LogP contribution in [0.15, 0.2) is 29.0 Å². The normalized spacial score (nSPS) is 9.95. The van der Waals surface area contributed by atoms with Crippen LogP contribution in [0, 0.1) is 11.3 Å². The average molecular weight is 321 g/mol. The molecule has 0 unspecified atom stereocenters. The molecule has 0 saturated heterocycles. The molecule has 1 heterocycles. The number of benzene rings is 1. The summed E-state index contributed by atoms with van der Waals surface area (Å²) in [6.07, 6.45) is 1.42. The summed E-state index contributed by atoms with van der Waals surface area (Å²) in [5.41, 5.74) is 7.12. The molecule has 0 atom stereocenters. The topological polar surface area (TPSA) is 93.9 Å². The smallest absolute Gasteiger partial charge is 0.360 e. The molecule has 0 aliphatic carbocycles. The number of nitrogen functional groups attached to an aromatic ring is 1. The van der Waals surface area contributed by atoms with Crippen molar-refractivity contribution in [2.75, 3.05) is 12.8 Å². The van der Waals surface area contributed by atoms with Gasteiger partial charge in [-0.15, -0.1) is 0 Å². The van der Waals surface area contributed by atoms with Crippen LogP contribution in [-0.2, 0) is 4.74 Å². The van der Waals surface area contributed by atoms with Crippen molar-refractivity contribution in [1.82, 2.24) is 9.55 Å². The Hall–Kier alpha value is -2.33. The van der Waals surface area contributed by atoms with Crippen LogP contribution >= 0.6 is 15.9 Å². The van der Waals surface area contributed by atoms with Gasteiger partial charge in [-0.05, 0) is 34.1 Å². The highest BCUT2D eigenvalue weighted by Gasteiger charge is 2.18. The Kier molecular flexibility index (Phi) is 3.53. The zero-order chi connectivity index (χ0) is 14.0. The van der Waals surface area contributed by atoms with Gasteiger partial charge in [-0.2, -0.15) is 5.26 Å². The first-order chi connectivity index (χ1) is 9.08. The molecule has 6 nitrogen and oxygen atoms in total. The number of nitrogens with two attached hydrogens (primary N) is 1. The molecule has 0 aliphatic rings. The summed E-state index contributed by atoms with van der Waals surface area (Å²) in [5.74, 6) is -0.418. The van der Waals surface area contributed by atoms with E-state index in [1.807, 2.05) is 6.07 Å². The van der Waals surface area contributed by atoms with E-state index in [2.05, 4.69) is 25.7 Å². The monoisotopic (exact) mass is 320 g/mol. The Morgan fingerprint density at radius 3 is 2.89 bits per heavy atom. The first-order valence-corrected chi connectivity index (χ1v) is 5.99. The van der Waals surface area contributed by atoms with Gasteiger partial charge in [0.05, 0.1) is 24.4 Å². The van der Waals surface area contributed by atoms with Crippen molar-refractivity contribution < 1.29 is 9.53 Å². The van der Waals surface area contributed by atoms with Crippen LogP contribution in [0.25, 0.3) is 5.69 Å². The molecule has 0 aliphatic heterocycles. The molecule has 19 heavy (non-hydrogen) atoms. The highest BCUT2D eigenvalue weighted by atomic mass is 79.9. The predicted molar refractivity (Wildman–Crippen MR) is 71.7 cm³/mol.